The van der Waals surface area contributed by atoms with Crippen LogP contribution in [0.2, 0.25) is 0 Å². The number of carboxylic acid groups (broad SMARTS) is 1. The van der Waals surface area contributed by atoms with Gasteiger partial charge in [-0.1, -0.05) is 48.5 Å². The van der Waals surface area contributed by atoms with Crippen LogP contribution < -0.4 is 5.32 Å². The Labute approximate surface area is 204 Å². The van der Waals surface area contributed by atoms with E-state index in [-0.39, 0.29) is 37.4 Å². The summed E-state index contributed by atoms with van der Waals surface area (Å²) in [6, 6.07) is 22.6. The summed E-state index contributed by atoms with van der Waals surface area (Å²) in [5.41, 5.74) is 5.53. The highest BCUT2D eigenvalue weighted by atomic mass is 16.5. The predicted molar refractivity (Wildman–Crippen MR) is 134 cm³/mol. The van der Waals surface area contributed by atoms with Gasteiger partial charge in [-0.05, 0) is 60.4 Å². The van der Waals surface area contributed by atoms with E-state index >= 15 is 0 Å². The van der Waals surface area contributed by atoms with Gasteiger partial charge in [-0.25, -0.2) is 4.79 Å². The molecule has 180 valence electrons. The van der Waals surface area contributed by atoms with E-state index in [1.54, 1.807) is 24.3 Å². The summed E-state index contributed by atoms with van der Waals surface area (Å²) in [5.74, 6) is -1.24. The van der Waals surface area contributed by atoms with Crippen LogP contribution in [0.25, 0.3) is 11.1 Å². The molecule has 0 saturated heterocycles. The van der Waals surface area contributed by atoms with E-state index in [4.69, 9.17) is 9.84 Å². The fourth-order valence-electron chi connectivity index (χ4n) is 4.42. The molecule has 0 unspecified atom stereocenters. The standard InChI is InChI=1S/C28H28N2O5/c1-18(2)30(16-15-26(31)32)27(33)19-11-13-20(14-12-19)29-28(34)35-17-25-23-9-5-3-7-21(23)22-8-4-6-10-24(22)25/h3-14,18,25H,15-17H2,1-2H3,(H,29,34)(H,31,32). The third-order valence-electron chi connectivity index (χ3n) is 6.17. The number of aliphatic carboxylic acids is 1. The number of nitrogens with zero attached hydrogens (tertiary/aromatic N) is 1. The molecule has 3 aromatic rings. The lowest BCUT2D eigenvalue weighted by molar-refractivity contribution is -0.137. The first kappa shape index (κ1) is 24.0. The summed E-state index contributed by atoms with van der Waals surface area (Å²) < 4.78 is 5.56. The van der Waals surface area contributed by atoms with E-state index in [0.717, 1.165) is 22.3 Å². The largest absolute Gasteiger partial charge is 0.481 e. The van der Waals surface area contributed by atoms with Gasteiger partial charge in [-0.2, -0.15) is 0 Å². The van der Waals surface area contributed by atoms with Gasteiger partial charge >= 0.3 is 12.1 Å². The Morgan fingerprint density at radius 3 is 2.03 bits per heavy atom. The van der Waals surface area contributed by atoms with Gasteiger partial charge in [0, 0.05) is 29.8 Å². The van der Waals surface area contributed by atoms with E-state index in [1.807, 2.05) is 38.1 Å². The number of carboxylic acids is 1. The van der Waals surface area contributed by atoms with Crippen molar-refractivity contribution in [1.29, 1.82) is 0 Å². The van der Waals surface area contributed by atoms with Gasteiger partial charge in [0.1, 0.15) is 6.61 Å². The fraction of sp³-hybridized carbons (Fsp3) is 0.250. The lowest BCUT2D eigenvalue weighted by Crippen LogP contribution is -2.38. The van der Waals surface area contributed by atoms with Gasteiger partial charge < -0.3 is 14.7 Å². The van der Waals surface area contributed by atoms with E-state index in [2.05, 4.69) is 29.6 Å². The molecule has 7 heteroatoms. The van der Waals surface area contributed by atoms with Crippen molar-refractivity contribution < 1.29 is 24.2 Å². The number of carbonyl (C=O) groups is 3. The Bertz CT molecular complexity index is 1190. The van der Waals surface area contributed by atoms with Gasteiger partial charge in [0.25, 0.3) is 5.91 Å². The highest BCUT2D eigenvalue weighted by molar-refractivity contribution is 5.95. The topological polar surface area (TPSA) is 95.9 Å². The second-order valence-electron chi connectivity index (χ2n) is 8.76. The number of benzene rings is 3. The Morgan fingerprint density at radius 1 is 0.914 bits per heavy atom. The van der Waals surface area contributed by atoms with Crippen molar-refractivity contribution in [2.45, 2.75) is 32.2 Å². The first-order valence-corrected chi connectivity index (χ1v) is 11.6. The third kappa shape index (κ3) is 5.35. The molecule has 0 aromatic heterocycles. The van der Waals surface area contributed by atoms with Crippen molar-refractivity contribution in [3.05, 3.63) is 89.5 Å². The zero-order valence-electron chi connectivity index (χ0n) is 19.7. The van der Waals surface area contributed by atoms with E-state index in [0.29, 0.717) is 11.3 Å². The quantitative estimate of drug-likeness (QED) is 0.459. The van der Waals surface area contributed by atoms with Crippen LogP contribution in [0.5, 0.6) is 0 Å². The van der Waals surface area contributed by atoms with Crippen molar-refractivity contribution in [2.24, 2.45) is 0 Å². The van der Waals surface area contributed by atoms with Crippen LogP contribution in [0.3, 0.4) is 0 Å². The molecule has 0 saturated carbocycles. The number of nitrogens with one attached hydrogen (secondary N) is 1. The molecule has 0 atom stereocenters. The molecule has 0 aliphatic heterocycles. The molecular weight excluding hydrogens is 444 g/mol. The van der Waals surface area contributed by atoms with Crippen LogP contribution in [-0.2, 0) is 9.53 Å². The van der Waals surface area contributed by atoms with Gasteiger partial charge in [-0.15, -0.1) is 0 Å². The van der Waals surface area contributed by atoms with Crippen LogP contribution in [-0.4, -0.2) is 47.2 Å². The molecule has 0 spiro atoms. The monoisotopic (exact) mass is 472 g/mol. The molecule has 4 rings (SSSR count). The summed E-state index contributed by atoms with van der Waals surface area (Å²) in [4.78, 5) is 37.7. The zero-order valence-corrected chi connectivity index (χ0v) is 19.7. The molecule has 0 heterocycles. The van der Waals surface area contributed by atoms with Crippen molar-refractivity contribution in [3.63, 3.8) is 0 Å². The summed E-state index contributed by atoms with van der Waals surface area (Å²) in [5, 5.41) is 11.6. The molecule has 3 aromatic carbocycles. The first-order chi connectivity index (χ1) is 16.8. The second-order valence-corrected chi connectivity index (χ2v) is 8.76. The summed E-state index contributed by atoms with van der Waals surface area (Å²) >= 11 is 0. The summed E-state index contributed by atoms with van der Waals surface area (Å²) in [6.45, 7) is 4.02. The summed E-state index contributed by atoms with van der Waals surface area (Å²) in [6.07, 6.45) is -0.693. The van der Waals surface area contributed by atoms with E-state index < -0.39 is 12.1 Å². The maximum absolute atomic E-state index is 12.8. The van der Waals surface area contributed by atoms with Crippen LogP contribution in [0.4, 0.5) is 10.5 Å². The maximum Gasteiger partial charge on any atom is 0.411 e. The van der Waals surface area contributed by atoms with Gasteiger partial charge in [-0.3, -0.25) is 14.9 Å². The molecule has 0 radical (unpaired) electrons. The number of amides is 2. The first-order valence-electron chi connectivity index (χ1n) is 11.6. The van der Waals surface area contributed by atoms with Crippen molar-refractivity contribution >= 4 is 23.7 Å². The lowest BCUT2D eigenvalue weighted by Gasteiger charge is -2.26. The Morgan fingerprint density at radius 2 is 1.49 bits per heavy atom. The molecule has 1 aliphatic rings. The molecule has 2 amide bonds. The van der Waals surface area contributed by atoms with Gasteiger partial charge in [0.15, 0.2) is 0 Å². The number of hydrogen-bond acceptors (Lipinski definition) is 4. The molecule has 2 N–H and O–H groups in total. The average Bonchev–Trinajstić information content (AvgIpc) is 3.16. The van der Waals surface area contributed by atoms with E-state index in [9.17, 15) is 14.4 Å². The number of carbonyl (C=O) groups excluding carboxylic acids is 2. The normalized spacial score (nSPS) is 12.1. The summed E-state index contributed by atoms with van der Waals surface area (Å²) in [7, 11) is 0. The second kappa shape index (κ2) is 10.4. The molecule has 0 fully saturated rings. The Balaban J connectivity index is 1.37. The van der Waals surface area contributed by atoms with Gasteiger partial charge in [0.05, 0.1) is 6.42 Å². The smallest absolute Gasteiger partial charge is 0.411 e. The minimum absolute atomic E-state index is 0.0269. The van der Waals surface area contributed by atoms with Gasteiger partial charge in [0.2, 0.25) is 0 Å². The van der Waals surface area contributed by atoms with Crippen LogP contribution in [0.15, 0.2) is 72.8 Å². The number of anilines is 1. The minimum atomic E-state index is -0.953. The SMILES string of the molecule is CC(C)N(CCC(=O)O)C(=O)c1ccc(NC(=O)OCC2c3ccccc3-c3ccccc32)cc1. The lowest BCUT2D eigenvalue weighted by atomic mass is 9.98. The molecule has 35 heavy (non-hydrogen) atoms. The van der Waals surface area contributed by atoms with Crippen LogP contribution in [0, 0.1) is 0 Å². The number of hydrogen-bond donors (Lipinski definition) is 2. The van der Waals surface area contributed by atoms with Crippen LogP contribution in [0.1, 0.15) is 47.7 Å². The van der Waals surface area contributed by atoms with Crippen molar-refractivity contribution in [3.8, 4) is 11.1 Å². The highest BCUT2D eigenvalue weighted by Crippen LogP contribution is 2.44. The number of fused-ring (bicyclic) bond motifs is 3. The highest BCUT2D eigenvalue weighted by Gasteiger charge is 2.29. The minimum Gasteiger partial charge on any atom is -0.481 e. The van der Waals surface area contributed by atoms with E-state index in [1.165, 1.54) is 4.90 Å². The van der Waals surface area contributed by atoms with Crippen LogP contribution >= 0.6 is 0 Å². The fourth-order valence-corrected chi connectivity index (χ4v) is 4.42. The number of rotatable bonds is 8. The molecular formula is C28H28N2O5. The zero-order chi connectivity index (χ0) is 24.9. The Hall–Kier alpha value is -4.13. The maximum atomic E-state index is 12.8. The third-order valence-corrected chi connectivity index (χ3v) is 6.17. The van der Waals surface area contributed by atoms with Crippen molar-refractivity contribution in [2.75, 3.05) is 18.5 Å². The van der Waals surface area contributed by atoms with Crippen molar-refractivity contribution in [1.82, 2.24) is 4.90 Å². The molecule has 7 nitrogen and oxygen atoms in total. The molecule has 0 bridgehead atoms. The molecule has 1 aliphatic carbocycles. The predicted octanol–water partition coefficient (Wildman–Crippen LogP) is 5.37. The average molecular weight is 473 g/mol. The Kier molecular flexibility index (Phi) is 7.15. The number of ether oxygens (including phenoxy) is 1.